The molecule has 0 spiro atoms. The van der Waals surface area contributed by atoms with Crippen LogP contribution in [-0.2, 0) is 4.74 Å². The molecular weight excluding hydrogens is 178 g/mol. The molecule has 0 saturated carbocycles. The molecule has 80 valence electrons. The molecule has 0 aliphatic carbocycles. The molecule has 1 heterocycles. The Balaban J connectivity index is 2.69. The third-order valence-electron chi connectivity index (χ3n) is 2.53. The van der Waals surface area contributed by atoms with E-state index in [4.69, 9.17) is 4.74 Å². The maximum atomic E-state index is 11.3. The number of likely N-dealkylation sites (N-methyl/N-ethyl adjacent to an activating group) is 1. The minimum Gasteiger partial charge on any atom is -0.437 e. The first kappa shape index (κ1) is 11.1. The Bertz CT molecular complexity index is 237. The van der Waals surface area contributed by atoms with E-state index >= 15 is 0 Å². The molecule has 0 aromatic heterocycles. The number of cyclic esters (lactones) is 1. The molecule has 14 heavy (non-hydrogen) atoms. The van der Waals surface area contributed by atoms with E-state index in [1.807, 2.05) is 19.1 Å². The van der Waals surface area contributed by atoms with Crippen LogP contribution in [0, 0.1) is 0 Å². The molecule has 3 heteroatoms. The van der Waals surface area contributed by atoms with Gasteiger partial charge in [-0.1, -0.05) is 19.4 Å². The molecule has 0 N–H and O–H groups in total. The number of allylic oxidation sites excluding steroid dienone is 1. The van der Waals surface area contributed by atoms with Crippen LogP contribution in [0.4, 0.5) is 4.79 Å². The average Bonchev–Trinajstić information content (AvgIpc) is 2.41. The number of unbranched alkanes of at least 4 members (excludes halogenated alkanes) is 1. The van der Waals surface area contributed by atoms with Crippen LogP contribution in [-0.4, -0.2) is 30.2 Å². The fourth-order valence-electron chi connectivity index (χ4n) is 1.83. The van der Waals surface area contributed by atoms with E-state index in [2.05, 4.69) is 6.92 Å². The van der Waals surface area contributed by atoms with Gasteiger partial charge in [-0.3, -0.25) is 0 Å². The van der Waals surface area contributed by atoms with Gasteiger partial charge in [0.15, 0.2) is 0 Å². The number of nitrogens with zero attached hydrogens (tertiary/aromatic N) is 1. The smallest absolute Gasteiger partial charge is 0.410 e. The SMILES string of the molecule is C/C=C/C1(CCCC)CN(C)C(=O)O1. The first-order chi connectivity index (χ1) is 6.63. The number of carbonyl (C=O) groups excluding carboxylic acids is 1. The summed E-state index contributed by atoms with van der Waals surface area (Å²) in [6, 6.07) is 0. The molecule has 1 aliphatic rings. The van der Waals surface area contributed by atoms with Gasteiger partial charge >= 0.3 is 6.09 Å². The van der Waals surface area contributed by atoms with Crippen molar-refractivity contribution in [1.82, 2.24) is 4.90 Å². The van der Waals surface area contributed by atoms with Gasteiger partial charge in [-0.2, -0.15) is 0 Å². The van der Waals surface area contributed by atoms with E-state index < -0.39 is 0 Å². The number of ether oxygens (including phenoxy) is 1. The third kappa shape index (κ3) is 2.28. The molecule has 3 nitrogen and oxygen atoms in total. The first-order valence-electron chi connectivity index (χ1n) is 5.21. The van der Waals surface area contributed by atoms with Crippen molar-refractivity contribution in [2.24, 2.45) is 0 Å². The molecule has 0 bridgehead atoms. The van der Waals surface area contributed by atoms with Gasteiger partial charge in [-0.15, -0.1) is 0 Å². The topological polar surface area (TPSA) is 29.5 Å². The van der Waals surface area contributed by atoms with Gasteiger partial charge in [0.2, 0.25) is 0 Å². The van der Waals surface area contributed by atoms with Crippen LogP contribution in [0.25, 0.3) is 0 Å². The summed E-state index contributed by atoms with van der Waals surface area (Å²) in [6.07, 6.45) is 6.89. The van der Waals surface area contributed by atoms with Crippen LogP contribution in [0.2, 0.25) is 0 Å². The van der Waals surface area contributed by atoms with E-state index in [1.54, 1.807) is 11.9 Å². The van der Waals surface area contributed by atoms with E-state index in [-0.39, 0.29) is 11.7 Å². The molecule has 1 rings (SSSR count). The lowest BCUT2D eigenvalue weighted by Crippen LogP contribution is -2.31. The molecule has 1 fully saturated rings. The molecule has 1 unspecified atom stereocenters. The largest absolute Gasteiger partial charge is 0.437 e. The Morgan fingerprint density at radius 1 is 1.64 bits per heavy atom. The number of rotatable bonds is 4. The van der Waals surface area contributed by atoms with Crippen LogP contribution in [0.5, 0.6) is 0 Å². The fourth-order valence-corrected chi connectivity index (χ4v) is 1.83. The highest BCUT2D eigenvalue weighted by Crippen LogP contribution is 2.28. The number of hydrogen-bond donors (Lipinski definition) is 0. The summed E-state index contributed by atoms with van der Waals surface area (Å²) in [4.78, 5) is 12.9. The summed E-state index contributed by atoms with van der Waals surface area (Å²) >= 11 is 0. The summed E-state index contributed by atoms with van der Waals surface area (Å²) in [7, 11) is 1.78. The van der Waals surface area contributed by atoms with Crippen LogP contribution in [0.15, 0.2) is 12.2 Å². The lowest BCUT2D eigenvalue weighted by molar-refractivity contribution is 0.0847. The highest BCUT2D eigenvalue weighted by atomic mass is 16.6. The number of hydrogen-bond acceptors (Lipinski definition) is 2. The van der Waals surface area contributed by atoms with Crippen LogP contribution in [0.3, 0.4) is 0 Å². The molecule has 1 atom stereocenters. The summed E-state index contributed by atoms with van der Waals surface area (Å²) < 4.78 is 5.40. The molecule has 1 saturated heterocycles. The highest BCUT2D eigenvalue weighted by Gasteiger charge is 2.40. The zero-order chi connectivity index (χ0) is 10.6. The highest BCUT2D eigenvalue weighted by molar-refractivity contribution is 5.70. The van der Waals surface area contributed by atoms with E-state index in [9.17, 15) is 4.79 Å². The summed E-state index contributed by atoms with van der Waals surface area (Å²) in [6.45, 7) is 4.78. The van der Waals surface area contributed by atoms with Gasteiger partial charge < -0.3 is 9.64 Å². The molecule has 1 amide bonds. The zero-order valence-electron chi connectivity index (χ0n) is 9.25. The zero-order valence-corrected chi connectivity index (χ0v) is 9.25. The quantitative estimate of drug-likeness (QED) is 0.648. The predicted octanol–water partition coefficient (Wildman–Crippen LogP) is 2.57. The van der Waals surface area contributed by atoms with Crippen LogP contribution < -0.4 is 0 Å². The van der Waals surface area contributed by atoms with Crippen molar-refractivity contribution in [1.29, 1.82) is 0 Å². The second-order valence-corrected chi connectivity index (χ2v) is 3.89. The average molecular weight is 197 g/mol. The number of carbonyl (C=O) groups is 1. The standard InChI is InChI=1S/C11H19NO2/c1-4-6-8-11(7-5-2)9-12(3)10(13)14-11/h5,7H,4,6,8-9H2,1-3H3/b7-5+. The Kier molecular flexibility index (Phi) is 3.55. The predicted molar refractivity (Wildman–Crippen MR) is 56.2 cm³/mol. The molecular formula is C11H19NO2. The Morgan fingerprint density at radius 2 is 2.36 bits per heavy atom. The first-order valence-corrected chi connectivity index (χ1v) is 5.21. The van der Waals surface area contributed by atoms with Crippen molar-refractivity contribution in [2.45, 2.75) is 38.7 Å². The lowest BCUT2D eigenvalue weighted by Gasteiger charge is -2.22. The van der Waals surface area contributed by atoms with Gasteiger partial charge in [-0.05, 0) is 25.8 Å². The van der Waals surface area contributed by atoms with Crippen molar-refractivity contribution in [3.05, 3.63) is 12.2 Å². The summed E-state index contributed by atoms with van der Waals surface area (Å²) in [5, 5.41) is 0. The Morgan fingerprint density at radius 3 is 2.79 bits per heavy atom. The second kappa shape index (κ2) is 4.49. The van der Waals surface area contributed by atoms with E-state index in [0.717, 1.165) is 19.3 Å². The van der Waals surface area contributed by atoms with Crippen LogP contribution >= 0.6 is 0 Å². The van der Waals surface area contributed by atoms with Gasteiger partial charge in [-0.25, -0.2) is 4.79 Å². The number of amides is 1. The Hall–Kier alpha value is -0.990. The monoisotopic (exact) mass is 197 g/mol. The maximum absolute atomic E-state index is 11.3. The molecule has 0 radical (unpaired) electrons. The fraction of sp³-hybridized carbons (Fsp3) is 0.727. The van der Waals surface area contributed by atoms with Crippen molar-refractivity contribution in [3.8, 4) is 0 Å². The molecule has 0 aromatic rings. The molecule has 1 aliphatic heterocycles. The van der Waals surface area contributed by atoms with Crippen LogP contribution in [0.1, 0.15) is 33.1 Å². The minimum absolute atomic E-state index is 0.209. The van der Waals surface area contributed by atoms with Gasteiger partial charge in [0.25, 0.3) is 0 Å². The Labute approximate surface area is 85.7 Å². The molecule has 0 aromatic carbocycles. The second-order valence-electron chi connectivity index (χ2n) is 3.89. The maximum Gasteiger partial charge on any atom is 0.410 e. The summed E-state index contributed by atoms with van der Waals surface area (Å²) in [5.74, 6) is 0. The van der Waals surface area contributed by atoms with Crippen molar-refractivity contribution < 1.29 is 9.53 Å². The lowest BCUT2D eigenvalue weighted by atomic mass is 9.96. The third-order valence-corrected chi connectivity index (χ3v) is 2.53. The van der Waals surface area contributed by atoms with Crippen molar-refractivity contribution in [3.63, 3.8) is 0 Å². The van der Waals surface area contributed by atoms with Crippen molar-refractivity contribution in [2.75, 3.05) is 13.6 Å². The van der Waals surface area contributed by atoms with Gasteiger partial charge in [0.05, 0.1) is 6.54 Å². The van der Waals surface area contributed by atoms with E-state index in [1.165, 1.54) is 0 Å². The normalized spacial score (nSPS) is 27.4. The summed E-state index contributed by atoms with van der Waals surface area (Å²) in [5.41, 5.74) is -0.364. The van der Waals surface area contributed by atoms with Gasteiger partial charge in [0.1, 0.15) is 5.60 Å². The minimum atomic E-state index is -0.364. The van der Waals surface area contributed by atoms with Crippen molar-refractivity contribution >= 4 is 6.09 Å². The van der Waals surface area contributed by atoms with Gasteiger partial charge in [0, 0.05) is 7.05 Å². The van der Waals surface area contributed by atoms with E-state index in [0.29, 0.717) is 6.54 Å².